The topological polar surface area (TPSA) is 57.7 Å². The molecule has 0 N–H and O–H groups in total. The zero-order chi connectivity index (χ0) is 18.9. The number of amides is 1. The van der Waals surface area contributed by atoms with Crippen molar-refractivity contribution in [3.05, 3.63) is 59.1 Å². The van der Waals surface area contributed by atoms with Crippen molar-refractivity contribution in [1.82, 2.24) is 0 Å². The summed E-state index contributed by atoms with van der Waals surface area (Å²) in [6.07, 6.45) is 2.26. The van der Waals surface area contributed by atoms with Gasteiger partial charge in [0.1, 0.15) is 6.04 Å². The molecule has 7 heteroatoms. The lowest BCUT2D eigenvalue weighted by atomic mass is 10.1. The van der Waals surface area contributed by atoms with Crippen LogP contribution in [-0.4, -0.2) is 33.2 Å². The van der Waals surface area contributed by atoms with E-state index in [2.05, 4.69) is 0 Å². The van der Waals surface area contributed by atoms with E-state index in [0.717, 1.165) is 23.9 Å². The number of benzene rings is 2. The van der Waals surface area contributed by atoms with Crippen LogP contribution in [-0.2, 0) is 21.2 Å². The molecule has 0 aromatic heterocycles. The number of para-hydroxylation sites is 1. The van der Waals surface area contributed by atoms with Crippen molar-refractivity contribution in [3.8, 4) is 0 Å². The highest BCUT2D eigenvalue weighted by Crippen LogP contribution is 2.31. The number of rotatable bonds is 5. The Bertz CT molecular complexity index is 913. The fourth-order valence-corrected chi connectivity index (χ4v) is 4.71. The fraction of sp³-hybridized carbons (Fsp3) is 0.316. The molecule has 0 spiro atoms. The number of hydrogen-bond acceptors (Lipinski definition) is 3. The molecule has 2 aromatic rings. The molecule has 0 saturated carbocycles. The van der Waals surface area contributed by atoms with E-state index < -0.39 is 16.1 Å². The second-order valence-electron chi connectivity index (χ2n) is 6.33. The molecule has 2 aromatic carbocycles. The van der Waals surface area contributed by atoms with E-state index in [1.54, 1.807) is 29.2 Å². The van der Waals surface area contributed by atoms with Crippen LogP contribution in [0, 0.1) is 0 Å². The summed E-state index contributed by atoms with van der Waals surface area (Å²) in [5, 5.41) is 0.509. The Morgan fingerprint density at radius 2 is 1.85 bits per heavy atom. The lowest BCUT2D eigenvalue weighted by Crippen LogP contribution is -2.50. The largest absolute Gasteiger partial charge is 0.310 e. The number of hydrogen-bond donors (Lipinski definition) is 0. The summed E-state index contributed by atoms with van der Waals surface area (Å²) in [5.41, 5.74) is 2.40. The van der Waals surface area contributed by atoms with Gasteiger partial charge in [0.15, 0.2) is 0 Å². The Kier molecular flexibility index (Phi) is 5.25. The lowest BCUT2D eigenvalue weighted by Gasteiger charge is -2.33. The molecule has 0 fully saturated rings. The summed E-state index contributed by atoms with van der Waals surface area (Å²) in [6, 6.07) is 13.4. The van der Waals surface area contributed by atoms with Gasteiger partial charge < -0.3 is 4.90 Å². The third-order valence-electron chi connectivity index (χ3n) is 4.55. The van der Waals surface area contributed by atoms with Crippen LogP contribution in [0.15, 0.2) is 48.5 Å². The highest BCUT2D eigenvalue weighted by Gasteiger charge is 2.36. The van der Waals surface area contributed by atoms with Gasteiger partial charge in [-0.15, -0.1) is 0 Å². The van der Waals surface area contributed by atoms with Gasteiger partial charge in [-0.05, 0) is 48.7 Å². The van der Waals surface area contributed by atoms with Crippen LogP contribution in [0.4, 0.5) is 11.4 Å². The summed E-state index contributed by atoms with van der Waals surface area (Å²) in [5.74, 6) is -0.210. The molecule has 1 amide bonds. The summed E-state index contributed by atoms with van der Waals surface area (Å²) >= 11 is 5.92. The standard InChI is InChI=1S/C19H21ClN2O3S/c1-3-17(19(23)21-13-12-14-6-4-5-7-18(14)21)22(26(2,24)25)16-10-8-15(20)9-11-16/h4-11,17H,3,12-13H2,1-2H3/t17-/m0/s1. The van der Waals surface area contributed by atoms with Crippen molar-refractivity contribution in [1.29, 1.82) is 0 Å². The molecule has 1 heterocycles. The van der Waals surface area contributed by atoms with Gasteiger partial charge in [-0.3, -0.25) is 9.10 Å². The molecule has 3 rings (SSSR count). The van der Waals surface area contributed by atoms with Gasteiger partial charge in [0.2, 0.25) is 10.0 Å². The van der Waals surface area contributed by atoms with Crippen molar-refractivity contribution in [2.24, 2.45) is 0 Å². The van der Waals surface area contributed by atoms with Crippen LogP contribution in [0.1, 0.15) is 18.9 Å². The molecule has 0 bridgehead atoms. The van der Waals surface area contributed by atoms with E-state index in [-0.39, 0.29) is 5.91 Å². The number of anilines is 2. The fourth-order valence-electron chi connectivity index (χ4n) is 3.38. The Hall–Kier alpha value is -2.05. The average molecular weight is 393 g/mol. The highest BCUT2D eigenvalue weighted by atomic mass is 35.5. The Labute approximate surface area is 159 Å². The molecule has 26 heavy (non-hydrogen) atoms. The predicted molar refractivity (Wildman–Crippen MR) is 105 cm³/mol. The summed E-state index contributed by atoms with van der Waals surface area (Å²) in [7, 11) is -3.65. The van der Waals surface area contributed by atoms with Gasteiger partial charge >= 0.3 is 0 Å². The SMILES string of the molecule is CC[C@@H](C(=O)N1CCc2ccccc21)N(c1ccc(Cl)cc1)S(C)(=O)=O. The molecular weight excluding hydrogens is 372 g/mol. The van der Waals surface area contributed by atoms with Crippen molar-refractivity contribution in [3.63, 3.8) is 0 Å². The number of halogens is 1. The van der Waals surface area contributed by atoms with E-state index in [4.69, 9.17) is 11.6 Å². The minimum absolute atomic E-state index is 0.210. The van der Waals surface area contributed by atoms with Gasteiger partial charge in [0, 0.05) is 17.3 Å². The van der Waals surface area contributed by atoms with Crippen LogP contribution >= 0.6 is 11.6 Å². The monoisotopic (exact) mass is 392 g/mol. The van der Waals surface area contributed by atoms with E-state index in [1.807, 2.05) is 31.2 Å². The summed E-state index contributed by atoms with van der Waals surface area (Å²) < 4.78 is 26.2. The smallest absolute Gasteiger partial charge is 0.250 e. The third-order valence-corrected chi connectivity index (χ3v) is 5.98. The maximum absolute atomic E-state index is 13.3. The lowest BCUT2D eigenvalue weighted by molar-refractivity contribution is -0.119. The Morgan fingerprint density at radius 1 is 1.19 bits per heavy atom. The quantitative estimate of drug-likeness (QED) is 0.782. The maximum Gasteiger partial charge on any atom is 0.250 e. The zero-order valence-corrected chi connectivity index (χ0v) is 16.3. The van der Waals surface area contributed by atoms with Crippen LogP contribution in [0.2, 0.25) is 5.02 Å². The first-order chi connectivity index (χ1) is 12.3. The molecule has 5 nitrogen and oxygen atoms in total. The van der Waals surface area contributed by atoms with Crippen LogP contribution in [0.3, 0.4) is 0 Å². The normalized spacial score (nSPS) is 14.8. The van der Waals surface area contributed by atoms with Crippen molar-refractivity contribution in [2.75, 3.05) is 22.0 Å². The van der Waals surface area contributed by atoms with Crippen LogP contribution in [0.5, 0.6) is 0 Å². The molecule has 0 radical (unpaired) electrons. The predicted octanol–water partition coefficient (Wildman–Crippen LogP) is 3.47. The zero-order valence-electron chi connectivity index (χ0n) is 14.7. The number of carbonyl (C=O) groups excluding carboxylic acids is 1. The van der Waals surface area contributed by atoms with Crippen LogP contribution < -0.4 is 9.21 Å². The number of sulfonamides is 1. The first-order valence-electron chi connectivity index (χ1n) is 8.47. The number of nitrogens with zero attached hydrogens (tertiary/aromatic N) is 2. The second kappa shape index (κ2) is 7.29. The minimum Gasteiger partial charge on any atom is -0.310 e. The molecule has 0 aliphatic carbocycles. The summed E-state index contributed by atoms with van der Waals surface area (Å²) in [4.78, 5) is 15.0. The Balaban J connectivity index is 1.99. The molecule has 0 unspecified atom stereocenters. The first kappa shape index (κ1) is 18.7. The second-order valence-corrected chi connectivity index (χ2v) is 8.62. The molecule has 1 aliphatic rings. The molecule has 138 valence electrons. The van der Waals surface area contributed by atoms with E-state index in [0.29, 0.717) is 23.7 Å². The van der Waals surface area contributed by atoms with Gasteiger partial charge in [-0.25, -0.2) is 8.42 Å². The third kappa shape index (κ3) is 3.57. The van der Waals surface area contributed by atoms with E-state index in [9.17, 15) is 13.2 Å². The van der Waals surface area contributed by atoms with Crippen molar-refractivity contribution < 1.29 is 13.2 Å². The molecular formula is C19H21ClN2O3S. The van der Waals surface area contributed by atoms with Gasteiger partial charge in [0.25, 0.3) is 5.91 Å². The molecule has 0 saturated heterocycles. The van der Waals surface area contributed by atoms with Crippen molar-refractivity contribution >= 4 is 38.9 Å². The number of carbonyl (C=O) groups is 1. The highest BCUT2D eigenvalue weighted by molar-refractivity contribution is 7.92. The Morgan fingerprint density at radius 3 is 2.46 bits per heavy atom. The molecule has 1 aliphatic heterocycles. The van der Waals surface area contributed by atoms with Gasteiger partial charge in [0.05, 0.1) is 11.9 Å². The number of fused-ring (bicyclic) bond motifs is 1. The first-order valence-corrected chi connectivity index (χ1v) is 10.7. The molecule has 1 atom stereocenters. The summed E-state index contributed by atoms with van der Waals surface area (Å²) in [6.45, 7) is 2.38. The average Bonchev–Trinajstić information content (AvgIpc) is 3.03. The minimum atomic E-state index is -3.65. The maximum atomic E-state index is 13.3. The van der Waals surface area contributed by atoms with Gasteiger partial charge in [-0.2, -0.15) is 0 Å². The van der Waals surface area contributed by atoms with Crippen LogP contribution in [0.25, 0.3) is 0 Å². The van der Waals surface area contributed by atoms with Crippen molar-refractivity contribution in [2.45, 2.75) is 25.8 Å². The van der Waals surface area contributed by atoms with E-state index >= 15 is 0 Å². The van der Waals surface area contributed by atoms with Gasteiger partial charge in [-0.1, -0.05) is 36.7 Å². The van der Waals surface area contributed by atoms with E-state index in [1.165, 1.54) is 4.31 Å².